The van der Waals surface area contributed by atoms with Crippen molar-refractivity contribution in [3.8, 4) is 0 Å². The number of rotatable bonds is 3. The molecular formula is C13H19NO2. The zero-order chi connectivity index (χ0) is 11.4. The van der Waals surface area contributed by atoms with Crippen LogP contribution in [0.5, 0.6) is 0 Å². The maximum Gasteiger partial charge on any atom is 0.0914 e. The third-order valence-corrected chi connectivity index (χ3v) is 3.47. The first-order chi connectivity index (χ1) is 7.78. The summed E-state index contributed by atoms with van der Waals surface area (Å²) in [5, 5.41) is 0. The fourth-order valence-electron chi connectivity index (χ4n) is 2.32. The minimum absolute atomic E-state index is 0.0809. The van der Waals surface area contributed by atoms with Crippen molar-refractivity contribution in [2.75, 3.05) is 20.3 Å². The highest BCUT2D eigenvalue weighted by atomic mass is 16.5. The van der Waals surface area contributed by atoms with Gasteiger partial charge in [-0.15, -0.1) is 0 Å². The van der Waals surface area contributed by atoms with Crippen molar-refractivity contribution >= 4 is 0 Å². The Balaban J connectivity index is 2.20. The van der Waals surface area contributed by atoms with Crippen LogP contribution in [0.25, 0.3) is 0 Å². The van der Waals surface area contributed by atoms with Crippen LogP contribution in [-0.2, 0) is 9.47 Å². The van der Waals surface area contributed by atoms with E-state index in [1.54, 1.807) is 7.11 Å². The Morgan fingerprint density at radius 3 is 2.44 bits per heavy atom. The Hall–Kier alpha value is -0.900. The smallest absolute Gasteiger partial charge is 0.0914 e. The van der Waals surface area contributed by atoms with Crippen molar-refractivity contribution in [1.29, 1.82) is 0 Å². The molecule has 0 spiro atoms. The SMILES string of the molecule is COC1(C(N)c2ccccc2)CCOCC1. The topological polar surface area (TPSA) is 44.5 Å². The van der Waals surface area contributed by atoms with Crippen LogP contribution >= 0.6 is 0 Å². The van der Waals surface area contributed by atoms with Crippen LogP contribution in [0.15, 0.2) is 30.3 Å². The highest BCUT2D eigenvalue weighted by molar-refractivity contribution is 5.22. The molecule has 0 aliphatic carbocycles. The molecule has 1 aliphatic heterocycles. The summed E-state index contributed by atoms with van der Waals surface area (Å²) >= 11 is 0. The Bertz CT molecular complexity index is 320. The molecule has 1 fully saturated rings. The molecule has 0 radical (unpaired) electrons. The summed E-state index contributed by atoms with van der Waals surface area (Å²) < 4.78 is 11.1. The highest BCUT2D eigenvalue weighted by Gasteiger charge is 2.39. The van der Waals surface area contributed by atoms with Gasteiger partial charge in [-0.3, -0.25) is 0 Å². The Morgan fingerprint density at radius 1 is 1.25 bits per heavy atom. The summed E-state index contributed by atoms with van der Waals surface area (Å²) in [5.41, 5.74) is 7.20. The molecule has 2 N–H and O–H groups in total. The van der Waals surface area contributed by atoms with E-state index < -0.39 is 0 Å². The van der Waals surface area contributed by atoms with Crippen LogP contribution in [0.1, 0.15) is 24.4 Å². The van der Waals surface area contributed by atoms with Gasteiger partial charge in [0, 0.05) is 33.2 Å². The van der Waals surface area contributed by atoms with Crippen molar-refractivity contribution in [3.05, 3.63) is 35.9 Å². The van der Waals surface area contributed by atoms with Gasteiger partial charge in [-0.1, -0.05) is 30.3 Å². The second kappa shape index (κ2) is 4.95. The Labute approximate surface area is 96.5 Å². The van der Waals surface area contributed by atoms with Gasteiger partial charge in [0.05, 0.1) is 11.6 Å². The molecule has 3 heteroatoms. The lowest BCUT2D eigenvalue weighted by molar-refractivity contribution is -0.105. The molecule has 1 aliphatic rings. The largest absolute Gasteiger partial charge is 0.381 e. The average molecular weight is 221 g/mol. The summed E-state index contributed by atoms with van der Waals surface area (Å²) in [4.78, 5) is 0. The molecule has 0 aromatic heterocycles. The van der Waals surface area contributed by atoms with E-state index in [-0.39, 0.29) is 11.6 Å². The molecule has 0 bridgehead atoms. The van der Waals surface area contributed by atoms with Gasteiger partial charge in [-0.2, -0.15) is 0 Å². The molecule has 1 aromatic carbocycles. The van der Waals surface area contributed by atoms with Gasteiger partial charge in [0.25, 0.3) is 0 Å². The minimum Gasteiger partial charge on any atom is -0.381 e. The Morgan fingerprint density at radius 2 is 1.88 bits per heavy atom. The number of nitrogens with two attached hydrogens (primary N) is 1. The van der Waals surface area contributed by atoms with Gasteiger partial charge in [0.2, 0.25) is 0 Å². The fraction of sp³-hybridized carbons (Fsp3) is 0.538. The van der Waals surface area contributed by atoms with Crippen molar-refractivity contribution in [2.45, 2.75) is 24.5 Å². The molecule has 1 atom stereocenters. The summed E-state index contributed by atoms with van der Waals surface area (Å²) in [6.45, 7) is 1.46. The second-order valence-corrected chi connectivity index (χ2v) is 4.27. The lowest BCUT2D eigenvalue weighted by Gasteiger charge is -2.40. The van der Waals surface area contributed by atoms with Gasteiger partial charge >= 0.3 is 0 Å². The first-order valence-electron chi connectivity index (χ1n) is 5.72. The van der Waals surface area contributed by atoms with Crippen LogP contribution in [0.4, 0.5) is 0 Å². The predicted molar refractivity (Wildman–Crippen MR) is 63.2 cm³/mol. The van der Waals surface area contributed by atoms with E-state index in [0.717, 1.165) is 31.6 Å². The van der Waals surface area contributed by atoms with E-state index in [0.29, 0.717) is 0 Å². The number of ether oxygens (including phenoxy) is 2. The molecule has 88 valence electrons. The van der Waals surface area contributed by atoms with Gasteiger partial charge < -0.3 is 15.2 Å². The van der Waals surface area contributed by atoms with Crippen molar-refractivity contribution in [3.63, 3.8) is 0 Å². The fourth-order valence-corrected chi connectivity index (χ4v) is 2.32. The molecule has 0 saturated carbocycles. The first-order valence-corrected chi connectivity index (χ1v) is 5.72. The summed E-state index contributed by atoms with van der Waals surface area (Å²) in [5.74, 6) is 0. The molecule has 1 aromatic rings. The lowest BCUT2D eigenvalue weighted by atomic mass is 9.83. The van der Waals surface area contributed by atoms with Gasteiger partial charge in [0.15, 0.2) is 0 Å². The van der Waals surface area contributed by atoms with Crippen LogP contribution in [0.2, 0.25) is 0 Å². The van der Waals surface area contributed by atoms with Crippen molar-refractivity contribution in [2.24, 2.45) is 5.73 Å². The summed E-state index contributed by atoms with van der Waals surface area (Å²) in [6, 6.07) is 10.1. The maximum atomic E-state index is 6.33. The quantitative estimate of drug-likeness (QED) is 0.847. The van der Waals surface area contributed by atoms with E-state index in [1.165, 1.54) is 0 Å². The number of hydrogen-bond acceptors (Lipinski definition) is 3. The molecule has 0 amide bonds. The van der Waals surface area contributed by atoms with Crippen molar-refractivity contribution < 1.29 is 9.47 Å². The minimum atomic E-state index is -0.264. The number of benzene rings is 1. The standard InChI is InChI=1S/C13H19NO2/c1-15-13(7-9-16-10-8-13)12(14)11-5-3-2-4-6-11/h2-6,12H,7-10,14H2,1H3. The summed E-state index contributed by atoms with van der Waals surface area (Å²) in [6.07, 6.45) is 1.72. The Kier molecular flexibility index (Phi) is 3.59. The van der Waals surface area contributed by atoms with Crippen LogP contribution in [0.3, 0.4) is 0 Å². The second-order valence-electron chi connectivity index (χ2n) is 4.27. The molecule has 2 rings (SSSR count). The molecule has 16 heavy (non-hydrogen) atoms. The highest BCUT2D eigenvalue weighted by Crippen LogP contribution is 2.35. The molecule has 1 heterocycles. The monoisotopic (exact) mass is 221 g/mol. The van der Waals surface area contributed by atoms with Crippen molar-refractivity contribution in [1.82, 2.24) is 0 Å². The van der Waals surface area contributed by atoms with E-state index in [2.05, 4.69) is 12.1 Å². The molecule has 1 unspecified atom stereocenters. The van der Waals surface area contributed by atoms with Gasteiger partial charge in [-0.05, 0) is 5.56 Å². The summed E-state index contributed by atoms with van der Waals surface area (Å²) in [7, 11) is 1.74. The van der Waals surface area contributed by atoms with Gasteiger partial charge in [-0.25, -0.2) is 0 Å². The number of hydrogen-bond donors (Lipinski definition) is 1. The average Bonchev–Trinajstić information content (AvgIpc) is 2.39. The number of methoxy groups -OCH3 is 1. The lowest BCUT2D eigenvalue weighted by Crippen LogP contribution is -2.47. The third kappa shape index (κ3) is 2.12. The molecule has 3 nitrogen and oxygen atoms in total. The zero-order valence-corrected chi connectivity index (χ0v) is 9.69. The van der Waals surface area contributed by atoms with Gasteiger partial charge in [0.1, 0.15) is 0 Å². The van der Waals surface area contributed by atoms with Crippen LogP contribution in [-0.4, -0.2) is 25.9 Å². The van der Waals surface area contributed by atoms with E-state index in [4.69, 9.17) is 15.2 Å². The molecule has 1 saturated heterocycles. The molecular weight excluding hydrogens is 202 g/mol. The van der Waals surface area contributed by atoms with E-state index in [1.807, 2.05) is 18.2 Å². The maximum absolute atomic E-state index is 6.33. The third-order valence-electron chi connectivity index (χ3n) is 3.47. The zero-order valence-electron chi connectivity index (χ0n) is 9.69. The normalized spacial score (nSPS) is 21.6. The van der Waals surface area contributed by atoms with E-state index in [9.17, 15) is 0 Å². The van der Waals surface area contributed by atoms with Crippen LogP contribution < -0.4 is 5.73 Å². The van der Waals surface area contributed by atoms with E-state index >= 15 is 0 Å². The first kappa shape index (κ1) is 11.6. The van der Waals surface area contributed by atoms with Crippen LogP contribution in [0, 0.1) is 0 Å². The predicted octanol–water partition coefficient (Wildman–Crippen LogP) is 1.88.